The van der Waals surface area contributed by atoms with Crippen molar-refractivity contribution in [2.24, 2.45) is 23.2 Å². The normalized spacial score (nSPS) is 40.1. The van der Waals surface area contributed by atoms with E-state index in [0.717, 1.165) is 36.5 Å². The zero-order chi connectivity index (χ0) is 13.6. The van der Waals surface area contributed by atoms with E-state index in [1.807, 2.05) is 12.4 Å². The minimum Gasteiger partial charge on any atom is -0.349 e. The fourth-order valence-corrected chi connectivity index (χ4v) is 5.77. The van der Waals surface area contributed by atoms with Crippen molar-refractivity contribution in [3.63, 3.8) is 0 Å². The third kappa shape index (κ3) is 2.20. The highest BCUT2D eigenvalue weighted by molar-refractivity contribution is 5.05. The lowest BCUT2D eigenvalue weighted by Crippen LogP contribution is -2.55. The molecule has 0 amide bonds. The van der Waals surface area contributed by atoms with Crippen LogP contribution in [0, 0.1) is 23.2 Å². The van der Waals surface area contributed by atoms with Crippen LogP contribution < -0.4 is 5.32 Å². The fourth-order valence-electron chi connectivity index (χ4n) is 5.77. The average Bonchev–Trinajstić information content (AvgIpc) is 2.90. The Morgan fingerprint density at radius 2 is 1.90 bits per heavy atom. The third-order valence-electron chi connectivity index (χ3n) is 6.37. The van der Waals surface area contributed by atoms with E-state index in [9.17, 15) is 0 Å². The first-order valence-electron chi connectivity index (χ1n) is 8.45. The lowest BCUT2D eigenvalue weighted by molar-refractivity contribution is -0.0702. The summed E-state index contributed by atoms with van der Waals surface area (Å²) in [5.41, 5.74) is 0.623. The number of H-pyrrole nitrogens is 1. The van der Waals surface area contributed by atoms with Gasteiger partial charge in [0.25, 0.3) is 0 Å². The van der Waals surface area contributed by atoms with Gasteiger partial charge >= 0.3 is 0 Å². The Bertz CT molecular complexity index is 416. The van der Waals surface area contributed by atoms with Gasteiger partial charge in [0.15, 0.2) is 0 Å². The average molecular weight is 273 g/mol. The summed E-state index contributed by atoms with van der Waals surface area (Å²) in [6.07, 6.45) is 13.9. The maximum atomic E-state index is 4.31. The van der Waals surface area contributed by atoms with Crippen LogP contribution in [0.4, 0.5) is 0 Å². The van der Waals surface area contributed by atoms with Crippen LogP contribution >= 0.6 is 0 Å². The number of nitrogens with zero attached hydrogens (tertiary/aromatic N) is 1. The molecule has 1 heterocycles. The maximum Gasteiger partial charge on any atom is 0.107 e. The van der Waals surface area contributed by atoms with Gasteiger partial charge in [-0.3, -0.25) is 0 Å². The van der Waals surface area contributed by atoms with Gasteiger partial charge in [0.1, 0.15) is 5.82 Å². The number of imidazole rings is 1. The van der Waals surface area contributed by atoms with Crippen molar-refractivity contribution >= 4 is 0 Å². The summed E-state index contributed by atoms with van der Waals surface area (Å²) in [4.78, 5) is 7.51. The van der Waals surface area contributed by atoms with Crippen LogP contribution in [0.3, 0.4) is 0 Å². The smallest absolute Gasteiger partial charge is 0.107 e. The molecule has 4 bridgehead atoms. The third-order valence-corrected chi connectivity index (χ3v) is 6.37. The van der Waals surface area contributed by atoms with E-state index in [4.69, 9.17) is 0 Å². The molecule has 0 saturated heterocycles. The van der Waals surface area contributed by atoms with Crippen molar-refractivity contribution < 1.29 is 0 Å². The van der Waals surface area contributed by atoms with Crippen molar-refractivity contribution in [2.45, 2.75) is 57.9 Å². The molecule has 1 aromatic rings. The van der Waals surface area contributed by atoms with Gasteiger partial charge in [-0.1, -0.05) is 0 Å². The Kier molecular flexibility index (Phi) is 3.13. The molecule has 4 fully saturated rings. The Labute approximate surface area is 122 Å². The highest BCUT2D eigenvalue weighted by Gasteiger charge is 2.52. The molecule has 4 aliphatic rings. The molecule has 4 saturated carbocycles. The quantitative estimate of drug-likeness (QED) is 0.865. The summed E-state index contributed by atoms with van der Waals surface area (Å²) in [6, 6.07) is 0.672. The van der Waals surface area contributed by atoms with Crippen LogP contribution in [0.1, 0.15) is 51.3 Å². The first kappa shape index (κ1) is 12.9. The second-order valence-corrected chi connectivity index (χ2v) is 7.74. The number of aromatic nitrogens is 2. The molecule has 5 rings (SSSR count). The van der Waals surface area contributed by atoms with Crippen molar-refractivity contribution in [3.8, 4) is 0 Å². The topological polar surface area (TPSA) is 40.7 Å². The molecule has 1 atom stereocenters. The summed E-state index contributed by atoms with van der Waals surface area (Å²) in [5.74, 6) is 4.26. The molecule has 0 aliphatic heterocycles. The van der Waals surface area contributed by atoms with E-state index in [-0.39, 0.29) is 0 Å². The number of nitrogens with one attached hydrogen (secondary N) is 2. The lowest BCUT2D eigenvalue weighted by atomic mass is 9.48. The molecular weight excluding hydrogens is 246 g/mol. The summed E-state index contributed by atoms with van der Waals surface area (Å²) < 4.78 is 0. The van der Waals surface area contributed by atoms with E-state index in [1.54, 1.807) is 0 Å². The van der Waals surface area contributed by atoms with Crippen molar-refractivity contribution in [1.29, 1.82) is 0 Å². The van der Waals surface area contributed by atoms with E-state index in [0.29, 0.717) is 11.5 Å². The van der Waals surface area contributed by atoms with Gasteiger partial charge < -0.3 is 10.3 Å². The zero-order valence-electron chi connectivity index (χ0n) is 12.6. The first-order chi connectivity index (χ1) is 9.73. The van der Waals surface area contributed by atoms with Crippen LogP contribution in [0.2, 0.25) is 0 Å². The van der Waals surface area contributed by atoms with E-state index < -0.39 is 0 Å². The highest BCUT2D eigenvalue weighted by atomic mass is 15.0. The van der Waals surface area contributed by atoms with Crippen LogP contribution in [-0.2, 0) is 6.42 Å². The van der Waals surface area contributed by atoms with Crippen molar-refractivity contribution in [2.75, 3.05) is 6.54 Å². The zero-order valence-corrected chi connectivity index (χ0v) is 12.6. The molecule has 0 aromatic carbocycles. The van der Waals surface area contributed by atoms with Crippen LogP contribution in [0.5, 0.6) is 0 Å². The Balaban J connectivity index is 1.37. The largest absolute Gasteiger partial charge is 0.349 e. The van der Waals surface area contributed by atoms with Gasteiger partial charge in [0.2, 0.25) is 0 Å². The number of rotatable bonds is 5. The molecule has 0 radical (unpaired) electrons. The van der Waals surface area contributed by atoms with Gasteiger partial charge in [-0.2, -0.15) is 0 Å². The molecule has 3 nitrogen and oxygen atoms in total. The Morgan fingerprint density at radius 3 is 2.45 bits per heavy atom. The Morgan fingerprint density at radius 1 is 1.25 bits per heavy atom. The minimum atomic E-state index is 0.623. The monoisotopic (exact) mass is 273 g/mol. The van der Waals surface area contributed by atoms with Gasteiger partial charge in [0.05, 0.1) is 0 Å². The predicted molar refractivity (Wildman–Crippen MR) is 80.4 cm³/mol. The molecule has 0 spiro atoms. The molecule has 20 heavy (non-hydrogen) atoms. The molecule has 1 unspecified atom stereocenters. The summed E-state index contributed by atoms with van der Waals surface area (Å²) >= 11 is 0. The SMILES string of the molecule is CC(NCCc1ncc[nH]1)C12CC3CC(CC(C3)C1)C2. The molecule has 2 N–H and O–H groups in total. The molecule has 3 heteroatoms. The van der Waals surface area contributed by atoms with Gasteiger partial charge in [-0.15, -0.1) is 0 Å². The minimum absolute atomic E-state index is 0.623. The number of hydrogen-bond donors (Lipinski definition) is 2. The molecule has 4 aliphatic carbocycles. The molecular formula is C17H27N3. The second-order valence-electron chi connectivity index (χ2n) is 7.74. The highest BCUT2D eigenvalue weighted by Crippen LogP contribution is 2.61. The fraction of sp³-hybridized carbons (Fsp3) is 0.824. The van der Waals surface area contributed by atoms with E-state index in [2.05, 4.69) is 22.2 Å². The first-order valence-corrected chi connectivity index (χ1v) is 8.45. The van der Waals surface area contributed by atoms with Gasteiger partial charge in [-0.25, -0.2) is 4.98 Å². The predicted octanol–water partition coefficient (Wildman–Crippen LogP) is 3.15. The maximum absolute atomic E-state index is 4.31. The van der Waals surface area contributed by atoms with Crippen LogP contribution in [-0.4, -0.2) is 22.6 Å². The van der Waals surface area contributed by atoms with Gasteiger partial charge in [-0.05, 0) is 68.6 Å². The van der Waals surface area contributed by atoms with Crippen molar-refractivity contribution in [3.05, 3.63) is 18.2 Å². The number of hydrogen-bond acceptors (Lipinski definition) is 2. The summed E-state index contributed by atoms with van der Waals surface area (Å²) in [6.45, 7) is 3.49. The second kappa shape index (κ2) is 4.87. The molecule has 1 aromatic heterocycles. The standard InChI is InChI=1S/C17H27N3/c1-12(18-3-2-16-19-4-5-20-16)17-9-13-6-14(10-17)8-15(7-13)11-17/h4-5,12-15,18H,2-3,6-11H2,1H3,(H,19,20). The summed E-state index contributed by atoms with van der Waals surface area (Å²) in [5, 5.41) is 3.82. The van der Waals surface area contributed by atoms with Gasteiger partial charge in [0, 0.05) is 31.4 Å². The van der Waals surface area contributed by atoms with Crippen molar-refractivity contribution in [1.82, 2.24) is 15.3 Å². The lowest BCUT2D eigenvalue weighted by Gasteiger charge is -2.59. The number of aromatic amines is 1. The molecule has 110 valence electrons. The van der Waals surface area contributed by atoms with E-state index >= 15 is 0 Å². The van der Waals surface area contributed by atoms with Crippen LogP contribution in [0.25, 0.3) is 0 Å². The Hall–Kier alpha value is -0.830. The summed E-state index contributed by atoms with van der Waals surface area (Å²) in [7, 11) is 0. The van der Waals surface area contributed by atoms with Crippen LogP contribution in [0.15, 0.2) is 12.4 Å². The van der Waals surface area contributed by atoms with E-state index in [1.165, 1.54) is 38.5 Å².